The predicted molar refractivity (Wildman–Crippen MR) is 117 cm³/mol. The van der Waals surface area contributed by atoms with E-state index in [1.165, 1.54) is 19.4 Å². The van der Waals surface area contributed by atoms with Gasteiger partial charge in [0, 0.05) is 5.56 Å². The second-order valence-corrected chi connectivity index (χ2v) is 6.50. The summed E-state index contributed by atoms with van der Waals surface area (Å²) in [6, 6.07) is 23.7. The van der Waals surface area contributed by atoms with Gasteiger partial charge in [-0.2, -0.15) is 5.10 Å². The fraction of sp³-hybridized carbons (Fsp3) is 0.0435. The predicted octanol–water partition coefficient (Wildman–Crippen LogP) is 3.41. The number of para-hydroxylation sites is 1. The summed E-state index contributed by atoms with van der Waals surface area (Å²) in [6.45, 7) is 0. The quantitative estimate of drug-likeness (QED) is 0.373. The van der Waals surface area contributed by atoms with Gasteiger partial charge in [0.2, 0.25) is 5.82 Å². The van der Waals surface area contributed by atoms with Crippen molar-refractivity contribution in [3.05, 3.63) is 90.3 Å². The number of amides is 1. The molecule has 2 N–H and O–H groups in total. The Hall–Kier alpha value is -4.46. The van der Waals surface area contributed by atoms with Crippen LogP contribution in [-0.4, -0.2) is 39.1 Å². The highest BCUT2D eigenvalue weighted by molar-refractivity contribution is 5.92. The topological polar surface area (TPSA) is 102 Å². The molecule has 4 rings (SSSR count). The van der Waals surface area contributed by atoms with Crippen molar-refractivity contribution in [3.8, 4) is 28.6 Å². The van der Waals surface area contributed by atoms with Crippen LogP contribution in [0.25, 0.3) is 17.1 Å². The molecule has 8 heteroatoms. The van der Waals surface area contributed by atoms with Crippen LogP contribution in [-0.2, 0) is 0 Å². The van der Waals surface area contributed by atoms with Crippen LogP contribution < -0.4 is 10.2 Å². The van der Waals surface area contributed by atoms with Gasteiger partial charge in [0.15, 0.2) is 17.3 Å². The number of phenols is 1. The number of nitrogens with one attached hydrogen (secondary N) is 1. The molecule has 1 aromatic heterocycles. The number of hydrogen-bond acceptors (Lipinski definition) is 6. The molecule has 4 aromatic rings. The van der Waals surface area contributed by atoms with Crippen molar-refractivity contribution in [2.45, 2.75) is 0 Å². The summed E-state index contributed by atoms with van der Waals surface area (Å²) in [4.78, 5) is 17.0. The zero-order valence-electron chi connectivity index (χ0n) is 16.6. The molecule has 31 heavy (non-hydrogen) atoms. The zero-order chi connectivity index (χ0) is 21.6. The summed E-state index contributed by atoms with van der Waals surface area (Å²) in [5.74, 6) is 0.319. The first kappa shape index (κ1) is 19.8. The first-order valence-corrected chi connectivity index (χ1v) is 9.44. The number of benzene rings is 3. The molecule has 3 aromatic carbocycles. The highest BCUT2D eigenvalue weighted by Crippen LogP contribution is 2.25. The van der Waals surface area contributed by atoms with E-state index in [1.54, 1.807) is 16.8 Å². The van der Waals surface area contributed by atoms with Crippen molar-refractivity contribution in [2.75, 3.05) is 7.11 Å². The van der Waals surface area contributed by atoms with Gasteiger partial charge in [-0.25, -0.2) is 15.1 Å². The lowest BCUT2D eigenvalue weighted by Gasteiger charge is -2.05. The summed E-state index contributed by atoms with van der Waals surface area (Å²) >= 11 is 0. The van der Waals surface area contributed by atoms with Crippen molar-refractivity contribution in [2.24, 2.45) is 5.10 Å². The molecular weight excluding hydrogens is 394 g/mol. The van der Waals surface area contributed by atoms with Crippen LogP contribution >= 0.6 is 0 Å². The number of methoxy groups -OCH3 is 1. The van der Waals surface area contributed by atoms with Gasteiger partial charge in [0.05, 0.1) is 19.0 Å². The first-order valence-electron chi connectivity index (χ1n) is 9.44. The molecule has 0 saturated carbocycles. The third-order valence-electron chi connectivity index (χ3n) is 4.43. The minimum atomic E-state index is -0.547. The van der Waals surface area contributed by atoms with E-state index in [1.807, 2.05) is 60.7 Å². The molecule has 0 saturated heterocycles. The molecule has 0 aliphatic heterocycles. The van der Waals surface area contributed by atoms with Crippen LogP contribution in [0.4, 0.5) is 0 Å². The average Bonchev–Trinajstić information content (AvgIpc) is 3.27. The average molecular weight is 413 g/mol. The molecule has 1 amide bonds. The summed E-state index contributed by atoms with van der Waals surface area (Å²) in [7, 11) is 1.46. The van der Waals surface area contributed by atoms with Gasteiger partial charge in [-0.3, -0.25) is 4.79 Å². The Morgan fingerprint density at radius 1 is 1.06 bits per heavy atom. The van der Waals surface area contributed by atoms with Crippen LogP contribution in [0.15, 0.2) is 84.0 Å². The molecule has 0 atom stereocenters. The van der Waals surface area contributed by atoms with Gasteiger partial charge in [0.1, 0.15) is 0 Å². The van der Waals surface area contributed by atoms with E-state index in [9.17, 15) is 9.90 Å². The van der Waals surface area contributed by atoms with Crippen molar-refractivity contribution in [1.82, 2.24) is 20.2 Å². The molecule has 0 unspecified atom stereocenters. The molecule has 0 spiro atoms. The number of ether oxygens (including phenoxy) is 1. The summed E-state index contributed by atoms with van der Waals surface area (Å²) in [6.07, 6.45) is 1.44. The first-order chi connectivity index (χ1) is 15.2. The summed E-state index contributed by atoms with van der Waals surface area (Å²) < 4.78 is 6.68. The van der Waals surface area contributed by atoms with Crippen LogP contribution in [0.5, 0.6) is 11.5 Å². The molecule has 0 fully saturated rings. The second-order valence-electron chi connectivity index (χ2n) is 6.50. The largest absolute Gasteiger partial charge is 0.504 e. The van der Waals surface area contributed by atoms with Gasteiger partial charge in [-0.1, -0.05) is 48.5 Å². The summed E-state index contributed by atoms with van der Waals surface area (Å²) in [5, 5.41) is 18.0. The zero-order valence-corrected chi connectivity index (χ0v) is 16.6. The van der Waals surface area contributed by atoms with Crippen molar-refractivity contribution >= 4 is 12.1 Å². The number of rotatable bonds is 6. The molecule has 8 nitrogen and oxygen atoms in total. The normalized spacial score (nSPS) is 10.9. The van der Waals surface area contributed by atoms with Crippen LogP contribution in [0, 0.1) is 0 Å². The van der Waals surface area contributed by atoms with Crippen LogP contribution in [0.2, 0.25) is 0 Å². The Morgan fingerprint density at radius 2 is 1.77 bits per heavy atom. The van der Waals surface area contributed by atoms with Gasteiger partial charge in [-0.05, 0) is 35.9 Å². The Morgan fingerprint density at radius 3 is 2.48 bits per heavy atom. The number of phenolic OH excluding ortho intramolecular Hbond substituents is 1. The number of nitrogens with zero attached hydrogens (tertiary/aromatic N) is 4. The number of hydrogen-bond donors (Lipinski definition) is 2. The van der Waals surface area contributed by atoms with Gasteiger partial charge in [0.25, 0.3) is 0 Å². The molecule has 154 valence electrons. The molecule has 0 aliphatic rings. The van der Waals surface area contributed by atoms with Gasteiger partial charge >= 0.3 is 5.91 Å². The second kappa shape index (κ2) is 8.91. The van der Waals surface area contributed by atoms with Crippen LogP contribution in [0.1, 0.15) is 16.2 Å². The minimum Gasteiger partial charge on any atom is -0.504 e. The minimum absolute atomic E-state index is 0.0110. The fourth-order valence-electron chi connectivity index (χ4n) is 2.92. The Kier molecular flexibility index (Phi) is 5.70. The Balaban J connectivity index is 1.59. The number of aromatic hydroxyl groups is 1. The molecule has 1 heterocycles. The number of carbonyl (C=O) groups is 1. The van der Waals surface area contributed by atoms with Gasteiger partial charge < -0.3 is 9.84 Å². The third kappa shape index (κ3) is 4.43. The highest BCUT2D eigenvalue weighted by Gasteiger charge is 2.18. The number of carbonyl (C=O) groups excluding carboxylic acids is 1. The summed E-state index contributed by atoms with van der Waals surface area (Å²) in [5.41, 5.74) is 4.69. The highest BCUT2D eigenvalue weighted by atomic mass is 16.5. The van der Waals surface area contributed by atoms with E-state index < -0.39 is 5.91 Å². The smallest absolute Gasteiger partial charge is 0.311 e. The molecular formula is C23H19N5O3. The third-order valence-corrected chi connectivity index (χ3v) is 4.43. The lowest BCUT2D eigenvalue weighted by Crippen LogP contribution is -2.19. The molecule has 0 radical (unpaired) electrons. The van der Waals surface area contributed by atoms with E-state index in [0.717, 1.165) is 11.3 Å². The van der Waals surface area contributed by atoms with E-state index in [4.69, 9.17) is 4.74 Å². The number of aromatic nitrogens is 3. The monoisotopic (exact) mass is 413 g/mol. The van der Waals surface area contributed by atoms with E-state index in [2.05, 4.69) is 20.6 Å². The van der Waals surface area contributed by atoms with Crippen molar-refractivity contribution < 1.29 is 14.6 Å². The fourth-order valence-corrected chi connectivity index (χ4v) is 2.92. The maximum Gasteiger partial charge on any atom is 0.311 e. The van der Waals surface area contributed by atoms with E-state index >= 15 is 0 Å². The van der Waals surface area contributed by atoms with Crippen LogP contribution in [0.3, 0.4) is 0 Å². The van der Waals surface area contributed by atoms with Crippen molar-refractivity contribution in [3.63, 3.8) is 0 Å². The maximum absolute atomic E-state index is 12.6. The number of hydrazone groups is 1. The van der Waals surface area contributed by atoms with Crippen molar-refractivity contribution in [1.29, 1.82) is 0 Å². The maximum atomic E-state index is 12.6. The SMILES string of the molecule is COc1cc(C=NNC(=O)c2nc(-c3ccccc3)n(-c3ccccc3)n2)ccc1O. The van der Waals surface area contributed by atoms with E-state index in [-0.39, 0.29) is 11.6 Å². The standard InChI is InChI=1S/C23H19N5O3/c1-31-20-14-16(12-13-19(20)29)15-24-26-23(30)21-25-22(17-8-4-2-5-9-17)28(27-21)18-10-6-3-7-11-18/h2-15,29H,1H3,(H,26,30). The van der Waals surface area contributed by atoms with Gasteiger partial charge in [-0.15, -0.1) is 5.10 Å². The molecule has 0 aliphatic carbocycles. The van der Waals surface area contributed by atoms with E-state index in [0.29, 0.717) is 17.1 Å². The molecule has 0 bridgehead atoms. The lowest BCUT2D eigenvalue weighted by molar-refractivity contribution is 0.0945. The Bertz CT molecular complexity index is 1160. The lowest BCUT2D eigenvalue weighted by atomic mass is 10.2. The Labute approximate surface area is 178 Å².